The Labute approximate surface area is 175 Å². The van der Waals surface area contributed by atoms with Gasteiger partial charge in [-0.25, -0.2) is 4.98 Å². The number of thiazole rings is 1. The van der Waals surface area contributed by atoms with Gasteiger partial charge in [0.1, 0.15) is 11.5 Å². The van der Waals surface area contributed by atoms with Crippen molar-refractivity contribution in [2.75, 3.05) is 25.3 Å². The molecule has 1 amide bonds. The maximum Gasteiger partial charge on any atom is 0.248 e. The summed E-state index contributed by atoms with van der Waals surface area (Å²) in [6.07, 6.45) is 0. The molecule has 0 fully saturated rings. The second-order valence-electron chi connectivity index (χ2n) is 5.43. The van der Waals surface area contributed by atoms with Gasteiger partial charge >= 0.3 is 0 Å². The van der Waals surface area contributed by atoms with E-state index in [1.54, 1.807) is 43.8 Å². The first-order valence-electron chi connectivity index (χ1n) is 8.15. The second-order valence-corrected chi connectivity index (χ2v) is 8.09. The zero-order valence-electron chi connectivity index (χ0n) is 15.1. The number of benzene rings is 2. The van der Waals surface area contributed by atoms with Crippen molar-refractivity contribution < 1.29 is 14.3 Å². The van der Waals surface area contributed by atoms with Gasteiger partial charge in [0.2, 0.25) is 5.91 Å². The molecular weight excluding hydrogens is 416 g/mol. The summed E-state index contributed by atoms with van der Waals surface area (Å²) in [6, 6.07) is 13.2. The molecule has 0 aliphatic carbocycles. The van der Waals surface area contributed by atoms with Gasteiger partial charge in [0.05, 0.1) is 35.9 Å². The molecule has 10 heteroatoms. The summed E-state index contributed by atoms with van der Waals surface area (Å²) in [5, 5.41) is 3.19. The Morgan fingerprint density at radius 2 is 2.00 bits per heavy atom. The molecule has 0 saturated heterocycles. The van der Waals surface area contributed by atoms with Crippen LogP contribution in [0.2, 0.25) is 0 Å². The van der Waals surface area contributed by atoms with E-state index in [0.717, 1.165) is 14.6 Å². The number of hydrogen-bond acceptors (Lipinski definition) is 7. The van der Waals surface area contributed by atoms with Crippen molar-refractivity contribution in [1.29, 1.82) is 0 Å². The summed E-state index contributed by atoms with van der Waals surface area (Å²) < 4.78 is 12.4. The van der Waals surface area contributed by atoms with Gasteiger partial charge < -0.3 is 14.8 Å². The molecule has 0 radical (unpaired) electrons. The molecule has 0 spiro atoms. The summed E-state index contributed by atoms with van der Waals surface area (Å²) in [5.74, 6) is 1.26. The summed E-state index contributed by atoms with van der Waals surface area (Å²) in [5.41, 5.74) is 6.80. The molecule has 146 valence electrons. The molecule has 3 aromatic rings. The van der Waals surface area contributed by atoms with Gasteiger partial charge in [-0.05, 0) is 36.5 Å². The highest BCUT2D eigenvalue weighted by atomic mass is 32.2. The van der Waals surface area contributed by atoms with E-state index in [9.17, 15) is 4.79 Å². The van der Waals surface area contributed by atoms with Crippen molar-refractivity contribution in [3.8, 4) is 11.5 Å². The molecule has 3 rings (SSSR count). The standard InChI is InChI=1S/C18H18N4O3S3/c1-24-11-7-8-14(25-2)13(9-11)19-17(26)22-21-16(23)10-27-18-20-12-5-3-4-6-15(12)28-18/h3-9H,10H2,1-2H3,(H,21,23)(H2,19,22,26). The van der Waals surface area contributed by atoms with Crippen molar-refractivity contribution in [1.82, 2.24) is 15.8 Å². The molecule has 0 unspecified atom stereocenters. The van der Waals surface area contributed by atoms with Crippen LogP contribution in [0.25, 0.3) is 10.2 Å². The van der Waals surface area contributed by atoms with Crippen LogP contribution in [0.15, 0.2) is 46.8 Å². The lowest BCUT2D eigenvalue weighted by Crippen LogP contribution is -2.44. The van der Waals surface area contributed by atoms with Crippen LogP contribution in [0.4, 0.5) is 5.69 Å². The zero-order chi connectivity index (χ0) is 19.9. The maximum absolute atomic E-state index is 12.1. The second kappa shape index (κ2) is 9.58. The maximum atomic E-state index is 12.1. The first-order valence-corrected chi connectivity index (χ1v) is 10.4. The summed E-state index contributed by atoms with van der Waals surface area (Å²) >= 11 is 8.15. The SMILES string of the molecule is COc1ccc(OC)c(NC(=S)NNC(=O)CSc2nc3ccccc3s2)c1. The molecule has 0 aliphatic heterocycles. The van der Waals surface area contributed by atoms with Gasteiger partial charge in [-0.15, -0.1) is 11.3 Å². The van der Waals surface area contributed by atoms with E-state index in [0.29, 0.717) is 17.2 Å². The van der Waals surface area contributed by atoms with Crippen LogP contribution in [-0.2, 0) is 4.79 Å². The van der Waals surface area contributed by atoms with Gasteiger partial charge in [0.15, 0.2) is 9.45 Å². The van der Waals surface area contributed by atoms with Crippen LogP contribution in [0.1, 0.15) is 0 Å². The third kappa shape index (κ3) is 5.24. The average molecular weight is 435 g/mol. The summed E-state index contributed by atoms with van der Waals surface area (Å²) in [7, 11) is 3.13. The summed E-state index contributed by atoms with van der Waals surface area (Å²) in [4.78, 5) is 16.6. The topological polar surface area (TPSA) is 84.5 Å². The van der Waals surface area contributed by atoms with Gasteiger partial charge in [0.25, 0.3) is 0 Å². The first-order chi connectivity index (χ1) is 13.6. The van der Waals surface area contributed by atoms with Gasteiger partial charge in [-0.3, -0.25) is 15.6 Å². The number of nitrogens with zero attached hydrogens (tertiary/aromatic N) is 1. The molecule has 0 atom stereocenters. The Morgan fingerprint density at radius 1 is 1.18 bits per heavy atom. The minimum atomic E-state index is -0.217. The van der Waals surface area contributed by atoms with Gasteiger partial charge in [-0.1, -0.05) is 23.9 Å². The Kier molecular flexibility index (Phi) is 6.90. The number of amides is 1. The average Bonchev–Trinajstić information content (AvgIpc) is 3.13. The van der Waals surface area contributed by atoms with Crippen LogP contribution >= 0.6 is 35.3 Å². The number of thiocarbonyl (C=S) groups is 1. The minimum absolute atomic E-state index is 0.217. The molecule has 28 heavy (non-hydrogen) atoms. The molecule has 1 heterocycles. The number of fused-ring (bicyclic) bond motifs is 1. The number of hydrogen-bond donors (Lipinski definition) is 3. The van der Waals surface area contributed by atoms with Crippen LogP contribution < -0.4 is 25.6 Å². The Hall–Kier alpha value is -2.56. The number of aromatic nitrogens is 1. The number of ether oxygens (including phenoxy) is 2. The highest BCUT2D eigenvalue weighted by molar-refractivity contribution is 8.01. The number of hydrazine groups is 1. The molecule has 7 nitrogen and oxygen atoms in total. The number of thioether (sulfide) groups is 1. The van der Waals surface area contributed by atoms with Crippen LogP contribution in [0, 0.1) is 0 Å². The Balaban J connectivity index is 1.48. The van der Waals surface area contributed by atoms with Crippen LogP contribution in [-0.4, -0.2) is 36.0 Å². The number of methoxy groups -OCH3 is 2. The number of carbonyl (C=O) groups excluding carboxylic acids is 1. The lowest BCUT2D eigenvalue weighted by atomic mass is 10.2. The summed E-state index contributed by atoms with van der Waals surface area (Å²) in [6.45, 7) is 0. The van der Waals surface area contributed by atoms with E-state index < -0.39 is 0 Å². The third-order valence-electron chi connectivity index (χ3n) is 3.57. The van der Waals surface area contributed by atoms with E-state index in [2.05, 4.69) is 21.2 Å². The predicted molar refractivity (Wildman–Crippen MR) is 117 cm³/mol. The number of carbonyl (C=O) groups is 1. The normalized spacial score (nSPS) is 10.4. The quantitative estimate of drug-likeness (QED) is 0.309. The number of nitrogens with one attached hydrogen (secondary N) is 3. The Bertz CT molecular complexity index is 960. The fourth-order valence-corrected chi connectivity index (χ4v) is 4.30. The number of anilines is 1. The lowest BCUT2D eigenvalue weighted by Gasteiger charge is -2.14. The van der Waals surface area contributed by atoms with E-state index in [4.69, 9.17) is 21.7 Å². The number of rotatable bonds is 6. The Morgan fingerprint density at radius 3 is 2.75 bits per heavy atom. The molecule has 0 bridgehead atoms. The fraction of sp³-hybridized carbons (Fsp3) is 0.167. The minimum Gasteiger partial charge on any atom is -0.497 e. The van der Waals surface area contributed by atoms with Crippen molar-refractivity contribution >= 4 is 62.2 Å². The molecule has 0 saturated carbocycles. The van der Waals surface area contributed by atoms with E-state index >= 15 is 0 Å². The molecule has 1 aromatic heterocycles. The molecule has 2 aromatic carbocycles. The van der Waals surface area contributed by atoms with E-state index in [1.807, 2.05) is 24.3 Å². The van der Waals surface area contributed by atoms with Crippen molar-refractivity contribution in [2.45, 2.75) is 4.34 Å². The smallest absolute Gasteiger partial charge is 0.248 e. The highest BCUT2D eigenvalue weighted by Crippen LogP contribution is 2.29. The van der Waals surface area contributed by atoms with E-state index in [-0.39, 0.29) is 16.8 Å². The largest absolute Gasteiger partial charge is 0.497 e. The predicted octanol–water partition coefficient (Wildman–Crippen LogP) is 3.42. The van der Waals surface area contributed by atoms with E-state index in [1.165, 1.54) is 11.8 Å². The third-order valence-corrected chi connectivity index (χ3v) is 5.95. The van der Waals surface area contributed by atoms with Gasteiger partial charge in [-0.2, -0.15) is 0 Å². The molecular formula is C18H18N4O3S3. The van der Waals surface area contributed by atoms with Crippen molar-refractivity contribution in [3.63, 3.8) is 0 Å². The first kappa shape index (κ1) is 20.2. The monoisotopic (exact) mass is 434 g/mol. The highest BCUT2D eigenvalue weighted by Gasteiger charge is 2.10. The molecule has 3 N–H and O–H groups in total. The van der Waals surface area contributed by atoms with Gasteiger partial charge in [0, 0.05) is 6.07 Å². The fourth-order valence-electron chi connectivity index (χ4n) is 2.27. The van der Waals surface area contributed by atoms with Crippen LogP contribution in [0.5, 0.6) is 11.5 Å². The zero-order valence-corrected chi connectivity index (χ0v) is 17.6. The lowest BCUT2D eigenvalue weighted by molar-refractivity contribution is -0.119. The van der Waals surface area contributed by atoms with Crippen molar-refractivity contribution in [3.05, 3.63) is 42.5 Å². The van der Waals surface area contributed by atoms with Crippen molar-refractivity contribution in [2.24, 2.45) is 0 Å². The van der Waals surface area contributed by atoms with Crippen LogP contribution in [0.3, 0.4) is 0 Å². The molecule has 0 aliphatic rings. The number of para-hydroxylation sites is 1.